The summed E-state index contributed by atoms with van der Waals surface area (Å²) in [7, 11) is 1.70. The lowest BCUT2D eigenvalue weighted by atomic mass is 10.1. The molecule has 3 nitrogen and oxygen atoms in total. The molecule has 0 fully saturated rings. The summed E-state index contributed by atoms with van der Waals surface area (Å²) in [6.45, 7) is -0.487. The van der Waals surface area contributed by atoms with Crippen LogP contribution in [0.3, 0.4) is 0 Å². The Morgan fingerprint density at radius 3 is 2.23 bits per heavy atom. The molecule has 2 aromatic rings. The lowest BCUT2D eigenvalue weighted by Gasteiger charge is -2.17. The van der Waals surface area contributed by atoms with Gasteiger partial charge in [-0.15, -0.1) is 0 Å². The van der Waals surface area contributed by atoms with E-state index in [9.17, 15) is 13.6 Å². The van der Waals surface area contributed by atoms with E-state index in [2.05, 4.69) is 4.74 Å². The number of nitrogens with zero attached hydrogens (tertiary/aromatic N) is 1. The van der Waals surface area contributed by atoms with E-state index in [1.807, 2.05) is 19.1 Å². The van der Waals surface area contributed by atoms with Gasteiger partial charge in [-0.25, -0.2) is 0 Å². The largest absolute Gasteiger partial charge is 0.435 e. The molecule has 0 aliphatic rings. The summed E-state index contributed by atoms with van der Waals surface area (Å²) in [4.78, 5) is 13.9. The van der Waals surface area contributed by atoms with E-state index in [1.54, 1.807) is 36.2 Å². The zero-order valence-electron chi connectivity index (χ0n) is 12.4. The maximum atomic E-state index is 12.3. The number of carbonyl (C=O) groups excluding carboxylic acids is 1. The van der Waals surface area contributed by atoms with Gasteiger partial charge in [0, 0.05) is 19.2 Å². The fourth-order valence-corrected chi connectivity index (χ4v) is 2.04. The summed E-state index contributed by atoms with van der Waals surface area (Å²) in [6.07, 6.45) is 0. The SMILES string of the molecule is Cc1ccc(C(=O)N(C)Cc2ccc(OC(F)F)cc2)cc1. The predicted molar refractivity (Wildman–Crippen MR) is 80.1 cm³/mol. The number of carbonyl (C=O) groups is 1. The van der Waals surface area contributed by atoms with Crippen LogP contribution in [-0.2, 0) is 6.54 Å². The zero-order chi connectivity index (χ0) is 16.1. The average Bonchev–Trinajstić information content (AvgIpc) is 2.49. The predicted octanol–water partition coefficient (Wildman–Crippen LogP) is 3.87. The first-order valence-corrected chi connectivity index (χ1v) is 6.81. The highest BCUT2D eigenvalue weighted by atomic mass is 19.3. The van der Waals surface area contributed by atoms with Crippen molar-refractivity contribution in [3.05, 3.63) is 65.2 Å². The molecule has 0 unspecified atom stereocenters. The first kappa shape index (κ1) is 15.9. The van der Waals surface area contributed by atoms with E-state index in [0.717, 1.165) is 11.1 Å². The van der Waals surface area contributed by atoms with Crippen LogP contribution in [0.4, 0.5) is 8.78 Å². The van der Waals surface area contributed by atoms with Crippen molar-refractivity contribution in [3.8, 4) is 5.75 Å². The molecule has 0 heterocycles. The summed E-state index contributed by atoms with van der Waals surface area (Å²) >= 11 is 0. The Bertz CT molecular complexity index is 624. The van der Waals surface area contributed by atoms with Gasteiger partial charge in [0.2, 0.25) is 0 Å². The molecule has 22 heavy (non-hydrogen) atoms. The molecule has 0 saturated heterocycles. The quantitative estimate of drug-likeness (QED) is 0.839. The van der Waals surface area contributed by atoms with Crippen LogP contribution in [-0.4, -0.2) is 24.5 Å². The van der Waals surface area contributed by atoms with Gasteiger partial charge in [-0.3, -0.25) is 4.79 Å². The fourth-order valence-electron chi connectivity index (χ4n) is 2.04. The van der Waals surface area contributed by atoms with Gasteiger partial charge in [-0.05, 0) is 36.8 Å². The monoisotopic (exact) mass is 305 g/mol. The van der Waals surface area contributed by atoms with Crippen LogP contribution < -0.4 is 4.74 Å². The number of hydrogen-bond donors (Lipinski definition) is 0. The van der Waals surface area contributed by atoms with Gasteiger partial charge in [0.15, 0.2) is 0 Å². The Balaban J connectivity index is 2.00. The highest BCUT2D eigenvalue weighted by Gasteiger charge is 2.12. The summed E-state index contributed by atoms with van der Waals surface area (Å²) in [5, 5.41) is 0. The second kappa shape index (κ2) is 7.02. The van der Waals surface area contributed by atoms with E-state index < -0.39 is 6.61 Å². The standard InChI is InChI=1S/C17H17F2NO2/c1-12-3-7-14(8-4-12)16(21)20(2)11-13-5-9-15(10-6-13)22-17(18)19/h3-10,17H,11H2,1-2H3. The summed E-state index contributed by atoms with van der Waals surface area (Å²) in [5.41, 5.74) is 2.55. The third-order valence-corrected chi connectivity index (χ3v) is 3.21. The lowest BCUT2D eigenvalue weighted by Crippen LogP contribution is -2.26. The molecule has 2 rings (SSSR count). The molecular weight excluding hydrogens is 288 g/mol. The number of rotatable bonds is 5. The third-order valence-electron chi connectivity index (χ3n) is 3.21. The van der Waals surface area contributed by atoms with Gasteiger partial charge >= 0.3 is 6.61 Å². The highest BCUT2D eigenvalue weighted by molar-refractivity contribution is 5.94. The van der Waals surface area contributed by atoms with Gasteiger partial charge in [-0.2, -0.15) is 8.78 Å². The number of alkyl halides is 2. The molecule has 1 amide bonds. The molecule has 2 aromatic carbocycles. The fraction of sp³-hybridized carbons (Fsp3) is 0.235. The zero-order valence-corrected chi connectivity index (χ0v) is 12.4. The number of halogens is 2. The molecule has 0 atom stereocenters. The second-order valence-electron chi connectivity index (χ2n) is 5.05. The summed E-state index contributed by atoms with van der Waals surface area (Å²) in [6, 6.07) is 13.6. The Morgan fingerprint density at radius 2 is 1.68 bits per heavy atom. The summed E-state index contributed by atoms with van der Waals surface area (Å²) in [5.74, 6) is 0.0131. The minimum Gasteiger partial charge on any atom is -0.435 e. The molecule has 0 N–H and O–H groups in total. The van der Waals surface area contributed by atoms with Gasteiger partial charge in [0.25, 0.3) is 5.91 Å². The van der Waals surface area contributed by atoms with Crippen molar-refractivity contribution in [1.29, 1.82) is 0 Å². The second-order valence-corrected chi connectivity index (χ2v) is 5.05. The Kier molecular flexibility index (Phi) is 5.09. The van der Waals surface area contributed by atoms with Gasteiger partial charge < -0.3 is 9.64 Å². The first-order chi connectivity index (χ1) is 10.5. The van der Waals surface area contributed by atoms with Crippen LogP contribution in [0.2, 0.25) is 0 Å². The minimum atomic E-state index is -2.84. The number of aryl methyl sites for hydroxylation is 1. The van der Waals surface area contributed by atoms with Crippen LogP contribution in [0.5, 0.6) is 5.75 Å². The minimum absolute atomic E-state index is 0.0899. The molecule has 0 aliphatic carbocycles. The van der Waals surface area contributed by atoms with E-state index >= 15 is 0 Å². The van der Waals surface area contributed by atoms with Crippen LogP contribution in [0.15, 0.2) is 48.5 Å². The van der Waals surface area contributed by atoms with Crippen molar-refractivity contribution >= 4 is 5.91 Å². The number of benzene rings is 2. The summed E-state index contributed by atoms with van der Waals surface area (Å²) < 4.78 is 28.4. The van der Waals surface area contributed by atoms with Crippen molar-refractivity contribution in [2.24, 2.45) is 0 Å². The molecule has 0 aromatic heterocycles. The third kappa shape index (κ3) is 4.28. The van der Waals surface area contributed by atoms with Gasteiger partial charge in [-0.1, -0.05) is 29.8 Å². The molecule has 116 valence electrons. The Hall–Kier alpha value is -2.43. The van der Waals surface area contributed by atoms with Gasteiger partial charge in [0.05, 0.1) is 0 Å². The van der Waals surface area contributed by atoms with Crippen molar-refractivity contribution in [2.75, 3.05) is 7.05 Å². The maximum Gasteiger partial charge on any atom is 0.387 e. The average molecular weight is 305 g/mol. The van der Waals surface area contributed by atoms with E-state index in [4.69, 9.17) is 0 Å². The number of hydrogen-bond acceptors (Lipinski definition) is 2. The number of ether oxygens (including phenoxy) is 1. The van der Waals surface area contributed by atoms with Crippen molar-refractivity contribution in [3.63, 3.8) is 0 Å². The highest BCUT2D eigenvalue weighted by Crippen LogP contribution is 2.16. The van der Waals surface area contributed by atoms with Crippen LogP contribution >= 0.6 is 0 Å². The first-order valence-electron chi connectivity index (χ1n) is 6.81. The Labute approximate surface area is 128 Å². The van der Waals surface area contributed by atoms with Crippen molar-refractivity contribution in [2.45, 2.75) is 20.1 Å². The van der Waals surface area contributed by atoms with Gasteiger partial charge in [0.1, 0.15) is 5.75 Å². The maximum absolute atomic E-state index is 12.3. The van der Waals surface area contributed by atoms with Crippen molar-refractivity contribution in [1.82, 2.24) is 4.90 Å². The van der Waals surface area contributed by atoms with Crippen LogP contribution in [0.1, 0.15) is 21.5 Å². The molecule has 0 saturated carbocycles. The van der Waals surface area contributed by atoms with E-state index in [0.29, 0.717) is 12.1 Å². The van der Waals surface area contributed by atoms with Crippen LogP contribution in [0.25, 0.3) is 0 Å². The molecule has 0 aliphatic heterocycles. The molecule has 0 spiro atoms. The Morgan fingerprint density at radius 1 is 1.09 bits per heavy atom. The lowest BCUT2D eigenvalue weighted by molar-refractivity contribution is -0.0498. The normalized spacial score (nSPS) is 10.6. The molecule has 0 radical (unpaired) electrons. The van der Waals surface area contributed by atoms with E-state index in [1.165, 1.54) is 12.1 Å². The smallest absolute Gasteiger partial charge is 0.387 e. The molecule has 5 heteroatoms. The van der Waals surface area contributed by atoms with Crippen molar-refractivity contribution < 1.29 is 18.3 Å². The molecular formula is C17H17F2NO2. The van der Waals surface area contributed by atoms with Crippen LogP contribution in [0, 0.1) is 6.92 Å². The molecule has 0 bridgehead atoms. The topological polar surface area (TPSA) is 29.5 Å². The van der Waals surface area contributed by atoms with E-state index in [-0.39, 0.29) is 11.7 Å². The number of amides is 1.